The van der Waals surface area contributed by atoms with Gasteiger partial charge in [0.2, 0.25) is 6.10 Å². The quantitative estimate of drug-likeness (QED) is 0.634. The van der Waals surface area contributed by atoms with Crippen LogP contribution in [0.2, 0.25) is 0 Å². The molecule has 0 N–H and O–H groups in total. The lowest BCUT2D eigenvalue weighted by atomic mass is 9.96. The van der Waals surface area contributed by atoms with Crippen molar-refractivity contribution in [1.82, 2.24) is 24.5 Å². The molecule has 1 aromatic carbocycles. The highest BCUT2D eigenvalue weighted by Crippen LogP contribution is 2.31. The Balaban J connectivity index is 1.19. The van der Waals surface area contributed by atoms with Crippen molar-refractivity contribution in [3.05, 3.63) is 65.2 Å². The molecule has 2 aliphatic rings. The predicted molar refractivity (Wildman–Crippen MR) is 111 cm³/mol. The van der Waals surface area contributed by atoms with Gasteiger partial charge in [0.15, 0.2) is 17.3 Å². The van der Waals surface area contributed by atoms with Crippen LogP contribution in [0, 0.1) is 5.92 Å². The average Bonchev–Trinajstić information content (AvgIpc) is 3.35. The number of carbonyl (C=O) groups is 1. The molecule has 0 saturated carbocycles. The number of rotatable bonds is 4. The average molecular weight is 421 g/mol. The van der Waals surface area contributed by atoms with Crippen LogP contribution >= 0.6 is 0 Å². The number of hydrogen-bond acceptors (Lipinski definition) is 6. The van der Waals surface area contributed by atoms with Crippen molar-refractivity contribution in [2.75, 3.05) is 19.7 Å². The number of benzene rings is 1. The zero-order chi connectivity index (χ0) is 21.2. The fourth-order valence-electron chi connectivity index (χ4n) is 4.02. The van der Waals surface area contributed by atoms with Crippen LogP contribution in [0.25, 0.3) is 5.82 Å². The lowest BCUT2D eigenvalue weighted by Gasteiger charge is -2.35. The molecule has 0 aliphatic carbocycles. The van der Waals surface area contributed by atoms with E-state index in [2.05, 4.69) is 10.2 Å². The van der Waals surface area contributed by atoms with E-state index < -0.39 is 6.10 Å². The summed E-state index contributed by atoms with van der Waals surface area (Å²) >= 11 is 0. The van der Waals surface area contributed by atoms with Crippen molar-refractivity contribution in [1.29, 1.82) is 0 Å². The molecule has 1 fully saturated rings. The Kier molecular flexibility index (Phi) is 5.15. The molecule has 1 unspecified atom stereocenters. The summed E-state index contributed by atoms with van der Waals surface area (Å²) in [4.78, 5) is 27.0. The number of likely N-dealkylation sites (tertiary alicyclic amines) is 1. The molecule has 2 aromatic heterocycles. The Morgan fingerprint density at radius 2 is 1.87 bits per heavy atom. The van der Waals surface area contributed by atoms with Gasteiger partial charge in [0.25, 0.3) is 11.5 Å². The Morgan fingerprint density at radius 3 is 2.65 bits per heavy atom. The minimum absolute atomic E-state index is 0.0519. The number of piperidine rings is 1. The summed E-state index contributed by atoms with van der Waals surface area (Å²) in [5.74, 6) is 2.09. The summed E-state index contributed by atoms with van der Waals surface area (Å²) in [5, 5.41) is 8.61. The van der Waals surface area contributed by atoms with Crippen LogP contribution in [0.5, 0.6) is 11.5 Å². The predicted octanol–water partition coefficient (Wildman–Crippen LogP) is 1.51. The first-order chi connectivity index (χ1) is 15.2. The third-order valence-electron chi connectivity index (χ3n) is 5.73. The van der Waals surface area contributed by atoms with Crippen LogP contribution in [0.15, 0.2) is 59.7 Å². The van der Waals surface area contributed by atoms with E-state index in [9.17, 15) is 9.59 Å². The molecular formula is C22H23N5O4. The zero-order valence-electron chi connectivity index (χ0n) is 17.0. The molecule has 2 aliphatic heterocycles. The monoisotopic (exact) mass is 421 g/mol. The van der Waals surface area contributed by atoms with E-state index in [1.807, 2.05) is 35.2 Å². The summed E-state index contributed by atoms with van der Waals surface area (Å²) < 4.78 is 14.7. The highest BCUT2D eigenvalue weighted by Gasteiger charge is 2.33. The van der Waals surface area contributed by atoms with Gasteiger partial charge in [-0.05, 0) is 43.0 Å². The molecule has 1 saturated heterocycles. The van der Waals surface area contributed by atoms with Gasteiger partial charge in [-0.3, -0.25) is 9.59 Å². The van der Waals surface area contributed by atoms with E-state index in [4.69, 9.17) is 9.47 Å². The third-order valence-corrected chi connectivity index (χ3v) is 5.73. The van der Waals surface area contributed by atoms with Gasteiger partial charge >= 0.3 is 0 Å². The van der Waals surface area contributed by atoms with Crippen molar-refractivity contribution in [3.8, 4) is 17.3 Å². The van der Waals surface area contributed by atoms with Crippen molar-refractivity contribution < 1.29 is 14.3 Å². The van der Waals surface area contributed by atoms with Crippen molar-refractivity contribution in [2.24, 2.45) is 5.92 Å². The van der Waals surface area contributed by atoms with E-state index in [1.54, 1.807) is 23.1 Å². The van der Waals surface area contributed by atoms with Gasteiger partial charge in [0.05, 0.1) is 0 Å². The van der Waals surface area contributed by atoms with Gasteiger partial charge in [-0.2, -0.15) is 5.10 Å². The number of ether oxygens (including phenoxy) is 2. The van der Waals surface area contributed by atoms with Crippen LogP contribution in [0.3, 0.4) is 0 Å². The Labute approximate surface area is 178 Å². The molecule has 0 radical (unpaired) electrons. The summed E-state index contributed by atoms with van der Waals surface area (Å²) in [7, 11) is 0. The van der Waals surface area contributed by atoms with E-state index in [0.717, 1.165) is 12.8 Å². The highest BCUT2D eigenvalue weighted by molar-refractivity contribution is 5.82. The van der Waals surface area contributed by atoms with Gasteiger partial charge in [-0.15, -0.1) is 5.10 Å². The van der Waals surface area contributed by atoms with Gasteiger partial charge in [0, 0.05) is 38.1 Å². The molecule has 31 heavy (non-hydrogen) atoms. The number of fused-ring (bicyclic) bond motifs is 1. The minimum atomic E-state index is -0.624. The molecule has 4 heterocycles. The fraction of sp³-hybridized carbons (Fsp3) is 0.364. The number of carbonyl (C=O) groups excluding carboxylic acids is 1. The molecule has 0 spiro atoms. The van der Waals surface area contributed by atoms with E-state index in [0.29, 0.717) is 37.0 Å². The Hall–Kier alpha value is -3.62. The maximum Gasteiger partial charge on any atom is 0.267 e. The maximum atomic E-state index is 12.9. The van der Waals surface area contributed by atoms with Gasteiger partial charge < -0.3 is 14.4 Å². The fourth-order valence-corrected chi connectivity index (χ4v) is 4.02. The van der Waals surface area contributed by atoms with Crippen molar-refractivity contribution in [3.63, 3.8) is 0 Å². The second-order valence-corrected chi connectivity index (χ2v) is 7.80. The van der Waals surface area contributed by atoms with Crippen LogP contribution in [-0.2, 0) is 11.3 Å². The van der Waals surface area contributed by atoms with Gasteiger partial charge in [-0.1, -0.05) is 12.1 Å². The smallest absolute Gasteiger partial charge is 0.267 e. The first-order valence-corrected chi connectivity index (χ1v) is 10.4. The number of para-hydroxylation sites is 2. The molecule has 160 valence electrons. The normalized spacial score (nSPS) is 18.7. The van der Waals surface area contributed by atoms with Crippen LogP contribution in [-0.4, -0.2) is 56.2 Å². The summed E-state index contributed by atoms with van der Waals surface area (Å²) in [5.41, 5.74) is -0.138. The first-order valence-electron chi connectivity index (χ1n) is 10.4. The van der Waals surface area contributed by atoms with E-state index >= 15 is 0 Å². The number of amides is 1. The standard InChI is InChI=1S/C22H23N5O4/c28-21-7-6-20(26-11-3-10-23-26)24-27(21)14-16-8-12-25(13-9-16)22(29)19-15-30-17-4-1-2-5-18(17)31-19/h1-7,10-11,16,19H,8-9,12-15H2. The highest BCUT2D eigenvalue weighted by atomic mass is 16.6. The van der Waals surface area contributed by atoms with Crippen LogP contribution in [0.1, 0.15) is 12.8 Å². The summed E-state index contributed by atoms with van der Waals surface area (Å²) in [6.45, 7) is 1.99. The molecule has 5 rings (SSSR count). The number of aromatic nitrogens is 4. The van der Waals surface area contributed by atoms with Crippen LogP contribution < -0.4 is 15.0 Å². The lowest BCUT2D eigenvalue weighted by molar-refractivity contribution is -0.142. The maximum absolute atomic E-state index is 12.9. The van der Waals surface area contributed by atoms with E-state index in [-0.39, 0.29) is 24.0 Å². The zero-order valence-corrected chi connectivity index (χ0v) is 17.0. The van der Waals surface area contributed by atoms with Crippen molar-refractivity contribution >= 4 is 5.91 Å². The second kappa shape index (κ2) is 8.25. The topological polar surface area (TPSA) is 91.5 Å². The number of hydrogen-bond donors (Lipinski definition) is 0. The van der Waals surface area contributed by atoms with Gasteiger partial charge in [0.1, 0.15) is 6.61 Å². The van der Waals surface area contributed by atoms with E-state index in [1.165, 1.54) is 10.7 Å². The molecule has 0 bridgehead atoms. The molecule has 9 nitrogen and oxygen atoms in total. The first kappa shape index (κ1) is 19.3. The van der Waals surface area contributed by atoms with Crippen molar-refractivity contribution in [2.45, 2.75) is 25.5 Å². The lowest BCUT2D eigenvalue weighted by Crippen LogP contribution is -2.49. The molecule has 9 heteroatoms. The second-order valence-electron chi connectivity index (χ2n) is 7.80. The SMILES string of the molecule is O=C(C1COc2ccccc2O1)N1CCC(Cn2nc(-n3cccn3)ccc2=O)CC1. The number of nitrogens with zero attached hydrogens (tertiary/aromatic N) is 5. The van der Waals surface area contributed by atoms with Gasteiger partial charge in [-0.25, -0.2) is 9.36 Å². The third kappa shape index (κ3) is 4.03. The summed E-state index contributed by atoms with van der Waals surface area (Å²) in [6, 6.07) is 12.4. The molecular weight excluding hydrogens is 398 g/mol. The Morgan fingerprint density at radius 1 is 1.06 bits per heavy atom. The largest absolute Gasteiger partial charge is 0.485 e. The minimum Gasteiger partial charge on any atom is -0.485 e. The Bertz CT molecular complexity index is 1120. The summed E-state index contributed by atoms with van der Waals surface area (Å²) in [6.07, 6.45) is 4.44. The molecule has 3 aromatic rings. The molecule has 1 atom stereocenters. The van der Waals surface area contributed by atoms with Crippen LogP contribution in [0.4, 0.5) is 0 Å². The molecule has 1 amide bonds.